The molecule has 11 nitrogen and oxygen atoms in total. The molecular weight excluding hydrogens is 542 g/mol. The fraction of sp³-hybridized carbons (Fsp3) is 0.500. The number of hydrogen-bond donors (Lipinski definition) is 2. The molecule has 2 fully saturated rings. The Kier molecular flexibility index (Phi) is 9.13. The molecule has 0 saturated carbocycles. The number of methoxy groups -OCH3 is 1. The summed E-state index contributed by atoms with van der Waals surface area (Å²) in [5.41, 5.74) is 4.28. The molecule has 0 spiro atoms. The number of nitrogens with one attached hydrogen (secondary N) is 1. The SMILES string of the molecule is COC1CCN(c2nccc(Nc3cc4c(cn3)nc(-c3ccc(CN5CCN(CCO)CC5)cc3)n4C(C)C)n2)CC1. The van der Waals surface area contributed by atoms with Crippen molar-refractivity contribution < 1.29 is 9.84 Å². The lowest BCUT2D eigenvalue weighted by molar-refractivity contribution is 0.0816. The second kappa shape index (κ2) is 13.3. The average Bonchev–Trinajstić information content (AvgIpc) is 3.42. The third-order valence-corrected chi connectivity index (χ3v) is 8.55. The van der Waals surface area contributed by atoms with Gasteiger partial charge >= 0.3 is 0 Å². The standard InChI is InChI=1S/C32H43N9O2/c1-23(2)41-28-20-30(36-29-8-11-33-32(37-29)40-12-9-26(43-3)10-13-40)34-21-27(28)35-31(41)25-6-4-24(5-7-25)22-39-16-14-38(15-17-39)18-19-42/h4-8,11,20-21,23,26,42H,9-10,12-19,22H2,1-3H3,(H,33,34,36,37). The summed E-state index contributed by atoms with van der Waals surface area (Å²) < 4.78 is 7.79. The number of benzene rings is 1. The largest absolute Gasteiger partial charge is 0.395 e. The van der Waals surface area contributed by atoms with Gasteiger partial charge < -0.3 is 24.6 Å². The number of pyridine rings is 1. The fourth-order valence-corrected chi connectivity index (χ4v) is 6.12. The van der Waals surface area contributed by atoms with Crippen LogP contribution in [0.3, 0.4) is 0 Å². The molecule has 0 radical (unpaired) electrons. The van der Waals surface area contributed by atoms with E-state index < -0.39 is 0 Å². The highest BCUT2D eigenvalue weighted by Gasteiger charge is 2.21. The van der Waals surface area contributed by atoms with Gasteiger partial charge in [-0.1, -0.05) is 24.3 Å². The predicted octanol–water partition coefficient (Wildman–Crippen LogP) is 3.94. The van der Waals surface area contributed by atoms with Crippen LogP contribution in [0, 0.1) is 0 Å². The summed E-state index contributed by atoms with van der Waals surface area (Å²) in [5.74, 6) is 3.10. The van der Waals surface area contributed by atoms with Gasteiger partial charge in [0.1, 0.15) is 23.0 Å². The number of rotatable bonds is 10. The first-order valence-corrected chi connectivity index (χ1v) is 15.4. The van der Waals surface area contributed by atoms with Crippen LogP contribution in [-0.2, 0) is 11.3 Å². The van der Waals surface area contributed by atoms with E-state index in [1.807, 2.05) is 12.3 Å². The van der Waals surface area contributed by atoms with Crippen molar-refractivity contribution in [2.75, 3.05) is 69.7 Å². The molecule has 2 N–H and O–H groups in total. The Labute approximate surface area is 253 Å². The smallest absolute Gasteiger partial charge is 0.227 e. The average molecular weight is 586 g/mol. The minimum atomic E-state index is 0.214. The molecule has 1 aromatic carbocycles. The van der Waals surface area contributed by atoms with E-state index in [1.54, 1.807) is 13.3 Å². The van der Waals surface area contributed by atoms with Gasteiger partial charge in [0, 0.05) is 83.3 Å². The van der Waals surface area contributed by atoms with E-state index in [1.165, 1.54) is 5.56 Å². The summed E-state index contributed by atoms with van der Waals surface area (Å²) in [6.07, 6.45) is 5.89. The van der Waals surface area contributed by atoms with Crippen molar-refractivity contribution >= 4 is 28.6 Å². The Morgan fingerprint density at radius 2 is 1.67 bits per heavy atom. The van der Waals surface area contributed by atoms with E-state index in [4.69, 9.17) is 14.7 Å². The van der Waals surface area contributed by atoms with E-state index in [0.717, 1.165) is 99.4 Å². The van der Waals surface area contributed by atoms with Gasteiger partial charge in [-0.3, -0.25) is 9.80 Å². The van der Waals surface area contributed by atoms with Crippen LogP contribution in [0.1, 0.15) is 38.3 Å². The zero-order chi connectivity index (χ0) is 29.8. The molecule has 0 atom stereocenters. The zero-order valence-corrected chi connectivity index (χ0v) is 25.5. The van der Waals surface area contributed by atoms with Crippen LogP contribution in [-0.4, -0.2) is 105 Å². The van der Waals surface area contributed by atoms with Gasteiger partial charge in [0.25, 0.3) is 0 Å². The lowest BCUT2D eigenvalue weighted by Crippen LogP contribution is -2.46. The summed E-state index contributed by atoms with van der Waals surface area (Å²) >= 11 is 0. The van der Waals surface area contributed by atoms with E-state index >= 15 is 0 Å². The van der Waals surface area contributed by atoms with Gasteiger partial charge in [0.15, 0.2) is 0 Å². The molecule has 0 aliphatic carbocycles. The van der Waals surface area contributed by atoms with Crippen molar-refractivity contribution in [3.8, 4) is 11.4 Å². The van der Waals surface area contributed by atoms with Crippen LogP contribution in [0.25, 0.3) is 22.4 Å². The maximum atomic E-state index is 9.20. The number of hydrogen-bond acceptors (Lipinski definition) is 10. The molecule has 0 unspecified atom stereocenters. The van der Waals surface area contributed by atoms with Gasteiger partial charge in [-0.25, -0.2) is 15.0 Å². The van der Waals surface area contributed by atoms with Gasteiger partial charge in [0.2, 0.25) is 5.95 Å². The van der Waals surface area contributed by atoms with E-state index in [-0.39, 0.29) is 12.6 Å². The molecule has 228 valence electrons. The number of piperazine rings is 1. The highest BCUT2D eigenvalue weighted by atomic mass is 16.5. The van der Waals surface area contributed by atoms with Crippen molar-refractivity contribution in [3.05, 3.63) is 54.4 Å². The number of aliphatic hydroxyl groups excluding tert-OH is 1. The zero-order valence-electron chi connectivity index (χ0n) is 25.5. The molecule has 3 aromatic heterocycles. The molecule has 2 aliphatic rings. The summed E-state index contributed by atoms with van der Waals surface area (Å²) in [7, 11) is 1.78. The molecule has 5 heterocycles. The minimum absolute atomic E-state index is 0.214. The summed E-state index contributed by atoms with van der Waals surface area (Å²) in [6.45, 7) is 12.1. The van der Waals surface area contributed by atoms with Crippen molar-refractivity contribution in [1.29, 1.82) is 0 Å². The molecular formula is C32H43N9O2. The molecule has 6 rings (SSSR count). The lowest BCUT2D eigenvalue weighted by atomic mass is 10.1. The van der Waals surface area contributed by atoms with Gasteiger partial charge in [-0.05, 0) is 38.3 Å². The first kappa shape index (κ1) is 29.4. The number of fused-ring (bicyclic) bond motifs is 1. The number of anilines is 3. The summed E-state index contributed by atoms with van der Waals surface area (Å²) in [5, 5.41) is 12.6. The molecule has 2 saturated heterocycles. The van der Waals surface area contributed by atoms with E-state index in [9.17, 15) is 5.11 Å². The molecule has 0 bridgehead atoms. The van der Waals surface area contributed by atoms with Gasteiger partial charge in [-0.15, -0.1) is 0 Å². The normalized spacial score (nSPS) is 17.3. The van der Waals surface area contributed by atoms with Crippen molar-refractivity contribution in [3.63, 3.8) is 0 Å². The van der Waals surface area contributed by atoms with Crippen LogP contribution in [0.2, 0.25) is 0 Å². The number of aliphatic hydroxyl groups is 1. The Balaban J connectivity index is 1.17. The quantitative estimate of drug-likeness (QED) is 0.284. The Hall–Kier alpha value is -3.64. The second-order valence-corrected chi connectivity index (χ2v) is 11.8. The Bertz CT molecular complexity index is 1490. The van der Waals surface area contributed by atoms with Gasteiger partial charge in [-0.2, -0.15) is 4.98 Å². The van der Waals surface area contributed by atoms with Crippen molar-refractivity contribution in [2.45, 2.75) is 45.4 Å². The van der Waals surface area contributed by atoms with Crippen LogP contribution >= 0.6 is 0 Å². The molecule has 11 heteroatoms. The summed E-state index contributed by atoms with van der Waals surface area (Å²) in [4.78, 5) is 26.0. The number of ether oxygens (including phenoxy) is 1. The van der Waals surface area contributed by atoms with Crippen LogP contribution in [0.4, 0.5) is 17.6 Å². The van der Waals surface area contributed by atoms with E-state index in [0.29, 0.717) is 11.9 Å². The molecule has 0 amide bonds. The highest BCUT2D eigenvalue weighted by Crippen LogP contribution is 2.30. The monoisotopic (exact) mass is 585 g/mol. The van der Waals surface area contributed by atoms with Gasteiger partial charge in [0.05, 0.1) is 24.4 Å². The molecule has 43 heavy (non-hydrogen) atoms. The molecule has 4 aromatic rings. The van der Waals surface area contributed by atoms with Crippen LogP contribution in [0.15, 0.2) is 48.8 Å². The molecule has 2 aliphatic heterocycles. The summed E-state index contributed by atoms with van der Waals surface area (Å²) in [6, 6.07) is 12.9. The topological polar surface area (TPSA) is 108 Å². The number of β-amino-alcohol motifs (C(OH)–C–C–N with tert-alkyl or cyclic N) is 1. The maximum Gasteiger partial charge on any atom is 0.227 e. The van der Waals surface area contributed by atoms with Crippen molar-refractivity contribution in [2.24, 2.45) is 0 Å². The fourth-order valence-electron chi connectivity index (χ4n) is 6.12. The highest BCUT2D eigenvalue weighted by molar-refractivity contribution is 5.83. The predicted molar refractivity (Wildman–Crippen MR) is 170 cm³/mol. The van der Waals surface area contributed by atoms with Crippen molar-refractivity contribution in [1.82, 2.24) is 34.3 Å². The van der Waals surface area contributed by atoms with E-state index in [2.05, 4.69) is 78.7 Å². The third kappa shape index (κ3) is 6.80. The Morgan fingerprint density at radius 3 is 2.37 bits per heavy atom. The lowest BCUT2D eigenvalue weighted by Gasteiger charge is -2.34. The minimum Gasteiger partial charge on any atom is -0.395 e. The first-order chi connectivity index (χ1) is 21.0. The van der Waals surface area contributed by atoms with Crippen LogP contribution in [0.5, 0.6) is 0 Å². The number of piperidine rings is 1. The van der Waals surface area contributed by atoms with Crippen LogP contribution < -0.4 is 10.2 Å². The Morgan fingerprint density at radius 1 is 0.930 bits per heavy atom. The third-order valence-electron chi connectivity index (χ3n) is 8.55. The number of aromatic nitrogens is 5. The second-order valence-electron chi connectivity index (χ2n) is 11.8. The number of imidazole rings is 1. The first-order valence-electron chi connectivity index (χ1n) is 15.4. The number of nitrogens with zero attached hydrogens (tertiary/aromatic N) is 8. The maximum absolute atomic E-state index is 9.20.